The Labute approximate surface area is 160 Å². The number of piperazine rings is 1. The van der Waals surface area contributed by atoms with Gasteiger partial charge in [-0.15, -0.1) is 0 Å². The molecule has 0 radical (unpaired) electrons. The summed E-state index contributed by atoms with van der Waals surface area (Å²) >= 11 is 0. The minimum Gasteiger partial charge on any atom is -0.379 e. The lowest BCUT2D eigenvalue weighted by molar-refractivity contribution is -0.127. The summed E-state index contributed by atoms with van der Waals surface area (Å²) in [4.78, 5) is 25.5. The highest BCUT2D eigenvalue weighted by Gasteiger charge is 2.31. The van der Waals surface area contributed by atoms with Gasteiger partial charge in [-0.05, 0) is 31.2 Å². The number of carbonyl (C=O) groups excluding carboxylic acids is 1. The molecule has 0 bridgehead atoms. The van der Waals surface area contributed by atoms with Gasteiger partial charge in [-0.2, -0.15) is 0 Å². The maximum absolute atomic E-state index is 12.5. The molecule has 0 spiro atoms. The van der Waals surface area contributed by atoms with E-state index < -0.39 is 0 Å². The molecule has 2 atom stereocenters. The lowest BCUT2D eigenvalue weighted by Crippen LogP contribution is -2.54. The number of anilines is 1. The highest BCUT2D eigenvalue weighted by Crippen LogP contribution is 2.29. The van der Waals surface area contributed by atoms with E-state index in [4.69, 9.17) is 9.47 Å². The molecule has 27 heavy (non-hydrogen) atoms. The van der Waals surface area contributed by atoms with Gasteiger partial charge in [-0.3, -0.25) is 9.69 Å². The SMILES string of the molecule is O=C(CN1CCN(c2ncccn2)CC1)N[C@@H]1CCOC[C@H]1OCC1CC1. The van der Waals surface area contributed by atoms with Gasteiger partial charge in [-0.1, -0.05) is 0 Å². The van der Waals surface area contributed by atoms with Crippen LogP contribution in [0.3, 0.4) is 0 Å². The highest BCUT2D eigenvalue weighted by atomic mass is 16.5. The Morgan fingerprint density at radius 3 is 2.70 bits per heavy atom. The van der Waals surface area contributed by atoms with E-state index in [-0.39, 0.29) is 18.1 Å². The van der Waals surface area contributed by atoms with Crippen molar-refractivity contribution in [2.75, 3.05) is 57.4 Å². The van der Waals surface area contributed by atoms with Crippen LogP contribution in [0.1, 0.15) is 19.3 Å². The molecule has 3 fully saturated rings. The Kier molecular flexibility index (Phi) is 6.16. The third-order valence-electron chi connectivity index (χ3n) is 5.47. The molecule has 1 aromatic rings. The van der Waals surface area contributed by atoms with E-state index in [1.807, 2.05) is 6.07 Å². The molecule has 1 aliphatic carbocycles. The molecule has 2 aliphatic heterocycles. The van der Waals surface area contributed by atoms with Gasteiger partial charge >= 0.3 is 0 Å². The minimum atomic E-state index is -0.0182. The Bertz CT molecular complexity index is 605. The number of nitrogens with one attached hydrogen (secondary N) is 1. The number of hydrogen-bond donors (Lipinski definition) is 1. The van der Waals surface area contributed by atoms with Crippen LogP contribution in [-0.2, 0) is 14.3 Å². The number of hydrogen-bond acceptors (Lipinski definition) is 7. The Hall–Kier alpha value is -1.77. The topological polar surface area (TPSA) is 79.8 Å². The fourth-order valence-electron chi connectivity index (χ4n) is 3.60. The van der Waals surface area contributed by atoms with Crippen molar-refractivity contribution in [3.63, 3.8) is 0 Å². The molecule has 8 nitrogen and oxygen atoms in total. The average Bonchev–Trinajstić information content (AvgIpc) is 3.53. The number of nitrogens with zero attached hydrogens (tertiary/aromatic N) is 4. The molecular formula is C19H29N5O3. The molecule has 8 heteroatoms. The molecule has 1 aromatic heterocycles. The lowest BCUT2D eigenvalue weighted by Gasteiger charge is -2.35. The van der Waals surface area contributed by atoms with E-state index >= 15 is 0 Å². The molecule has 4 rings (SSSR count). The average molecular weight is 375 g/mol. The van der Waals surface area contributed by atoms with Gasteiger partial charge in [0.1, 0.15) is 6.10 Å². The van der Waals surface area contributed by atoms with Crippen molar-refractivity contribution < 1.29 is 14.3 Å². The van der Waals surface area contributed by atoms with Crippen molar-refractivity contribution in [1.29, 1.82) is 0 Å². The highest BCUT2D eigenvalue weighted by molar-refractivity contribution is 5.78. The molecule has 0 unspecified atom stereocenters. The minimum absolute atomic E-state index is 0.0182. The van der Waals surface area contributed by atoms with E-state index in [0.717, 1.165) is 45.2 Å². The fraction of sp³-hybridized carbons (Fsp3) is 0.737. The van der Waals surface area contributed by atoms with Gasteiger partial charge in [0.05, 0.1) is 19.2 Å². The molecule has 148 valence electrons. The maximum atomic E-state index is 12.5. The first-order valence-electron chi connectivity index (χ1n) is 10.0. The Balaban J connectivity index is 1.20. The summed E-state index contributed by atoms with van der Waals surface area (Å²) in [6, 6.07) is 1.88. The van der Waals surface area contributed by atoms with Crippen molar-refractivity contribution in [3.8, 4) is 0 Å². The van der Waals surface area contributed by atoms with Crippen LogP contribution in [0.25, 0.3) is 0 Å². The number of ether oxygens (including phenoxy) is 2. The monoisotopic (exact) mass is 375 g/mol. The second-order valence-electron chi connectivity index (χ2n) is 7.66. The van der Waals surface area contributed by atoms with Gasteiger partial charge in [0, 0.05) is 51.8 Å². The lowest BCUT2D eigenvalue weighted by atomic mass is 10.1. The molecule has 1 saturated carbocycles. The van der Waals surface area contributed by atoms with Crippen molar-refractivity contribution >= 4 is 11.9 Å². The van der Waals surface area contributed by atoms with Crippen LogP contribution in [0.2, 0.25) is 0 Å². The second kappa shape index (κ2) is 8.95. The van der Waals surface area contributed by atoms with Crippen LogP contribution in [0, 0.1) is 5.92 Å². The largest absolute Gasteiger partial charge is 0.379 e. The van der Waals surface area contributed by atoms with Crippen molar-refractivity contribution in [3.05, 3.63) is 18.5 Å². The third-order valence-corrected chi connectivity index (χ3v) is 5.47. The number of aromatic nitrogens is 2. The van der Waals surface area contributed by atoms with Gasteiger partial charge in [-0.25, -0.2) is 9.97 Å². The smallest absolute Gasteiger partial charge is 0.234 e. The molecule has 1 amide bonds. The number of carbonyl (C=O) groups is 1. The van der Waals surface area contributed by atoms with Crippen LogP contribution in [0.4, 0.5) is 5.95 Å². The molecule has 2 saturated heterocycles. The van der Waals surface area contributed by atoms with Crippen LogP contribution in [0.15, 0.2) is 18.5 Å². The zero-order valence-corrected chi connectivity index (χ0v) is 15.8. The normalized spacial score (nSPS) is 26.7. The summed E-state index contributed by atoms with van der Waals surface area (Å²) in [5, 5.41) is 3.18. The molecule has 1 N–H and O–H groups in total. The summed E-state index contributed by atoms with van der Waals surface area (Å²) < 4.78 is 11.5. The van der Waals surface area contributed by atoms with Gasteiger partial charge in [0.15, 0.2) is 0 Å². The van der Waals surface area contributed by atoms with Gasteiger partial charge in [0.2, 0.25) is 11.9 Å². The first-order chi connectivity index (χ1) is 13.3. The fourth-order valence-corrected chi connectivity index (χ4v) is 3.60. The standard InChI is InChI=1S/C19H29N5O3/c25-18(22-16-4-11-26-14-17(16)27-13-15-2-3-15)12-23-7-9-24(10-8-23)19-20-5-1-6-21-19/h1,5-6,15-17H,2-4,7-14H2,(H,22,25)/t16-,17-/m1/s1. The van der Waals surface area contributed by atoms with Crippen LogP contribution >= 0.6 is 0 Å². The van der Waals surface area contributed by atoms with Crippen molar-refractivity contribution in [1.82, 2.24) is 20.2 Å². The quantitative estimate of drug-likeness (QED) is 0.734. The maximum Gasteiger partial charge on any atom is 0.234 e. The predicted molar refractivity (Wildman–Crippen MR) is 101 cm³/mol. The molecular weight excluding hydrogens is 346 g/mol. The van der Waals surface area contributed by atoms with E-state index in [1.54, 1.807) is 12.4 Å². The summed E-state index contributed by atoms with van der Waals surface area (Å²) in [6.45, 7) is 5.82. The van der Waals surface area contributed by atoms with Crippen molar-refractivity contribution in [2.24, 2.45) is 5.92 Å². The zero-order valence-electron chi connectivity index (χ0n) is 15.8. The molecule has 3 heterocycles. The van der Waals surface area contributed by atoms with Crippen LogP contribution in [0.5, 0.6) is 0 Å². The summed E-state index contributed by atoms with van der Waals surface area (Å²) in [5.41, 5.74) is 0. The first-order valence-corrected chi connectivity index (χ1v) is 10.0. The Morgan fingerprint density at radius 2 is 1.96 bits per heavy atom. The molecule has 3 aliphatic rings. The van der Waals surface area contributed by atoms with E-state index in [9.17, 15) is 4.79 Å². The summed E-state index contributed by atoms with van der Waals surface area (Å²) in [5.74, 6) is 1.55. The van der Waals surface area contributed by atoms with E-state index in [1.165, 1.54) is 12.8 Å². The predicted octanol–water partition coefficient (Wildman–Crippen LogP) is 0.299. The Morgan fingerprint density at radius 1 is 1.19 bits per heavy atom. The summed E-state index contributed by atoms with van der Waals surface area (Å²) in [6.07, 6.45) is 6.86. The van der Waals surface area contributed by atoms with Crippen molar-refractivity contribution in [2.45, 2.75) is 31.4 Å². The number of amides is 1. The van der Waals surface area contributed by atoms with Gasteiger partial charge in [0.25, 0.3) is 0 Å². The van der Waals surface area contributed by atoms with Gasteiger partial charge < -0.3 is 19.7 Å². The third kappa shape index (κ3) is 5.37. The first kappa shape index (κ1) is 18.6. The zero-order chi connectivity index (χ0) is 18.5. The van der Waals surface area contributed by atoms with E-state index in [2.05, 4.69) is 25.1 Å². The van der Waals surface area contributed by atoms with Crippen LogP contribution < -0.4 is 10.2 Å². The van der Waals surface area contributed by atoms with Crippen LogP contribution in [-0.4, -0.2) is 85.5 Å². The number of rotatable bonds is 7. The molecule has 0 aromatic carbocycles. The second-order valence-corrected chi connectivity index (χ2v) is 7.66. The van der Waals surface area contributed by atoms with E-state index in [0.29, 0.717) is 25.7 Å². The summed E-state index contributed by atoms with van der Waals surface area (Å²) in [7, 11) is 0.